The Kier molecular flexibility index (Phi) is 3.26. The fraction of sp³-hybridized carbons (Fsp3) is 0.500. The standard InChI is InChI=1S/C12H15FN2O2/c1-7-3-2-4-9(7)15-11-10(13)8(12(16)17)5-6-14-11/h5-7,9H,2-4H2,1H3,(H,14,15)(H,16,17). The van der Waals surface area contributed by atoms with Crippen molar-refractivity contribution in [2.45, 2.75) is 32.2 Å². The van der Waals surface area contributed by atoms with Crippen LogP contribution in [-0.2, 0) is 0 Å². The molecule has 1 fully saturated rings. The highest BCUT2D eigenvalue weighted by Crippen LogP contribution is 2.28. The molecule has 0 bridgehead atoms. The van der Waals surface area contributed by atoms with Gasteiger partial charge in [-0.15, -0.1) is 0 Å². The second-order valence-corrected chi connectivity index (χ2v) is 4.49. The van der Waals surface area contributed by atoms with Crippen LogP contribution in [0, 0.1) is 11.7 Å². The van der Waals surface area contributed by atoms with Crippen LogP contribution in [0.2, 0.25) is 0 Å². The molecule has 2 rings (SSSR count). The molecular formula is C12H15FN2O2. The highest BCUT2D eigenvalue weighted by Gasteiger charge is 2.25. The van der Waals surface area contributed by atoms with Gasteiger partial charge in [0, 0.05) is 12.2 Å². The molecule has 1 heterocycles. The number of hydrogen-bond acceptors (Lipinski definition) is 3. The van der Waals surface area contributed by atoms with Gasteiger partial charge in [-0.1, -0.05) is 13.3 Å². The van der Waals surface area contributed by atoms with Crippen LogP contribution in [0.4, 0.5) is 10.2 Å². The summed E-state index contributed by atoms with van der Waals surface area (Å²) in [6.45, 7) is 2.10. The van der Waals surface area contributed by atoms with E-state index in [-0.39, 0.29) is 17.4 Å². The van der Waals surface area contributed by atoms with Crippen molar-refractivity contribution in [3.63, 3.8) is 0 Å². The van der Waals surface area contributed by atoms with Crippen molar-refractivity contribution >= 4 is 11.8 Å². The number of aromatic nitrogens is 1. The van der Waals surface area contributed by atoms with E-state index in [0.717, 1.165) is 19.3 Å². The number of hydrogen-bond donors (Lipinski definition) is 2. The summed E-state index contributed by atoms with van der Waals surface area (Å²) in [5.41, 5.74) is -0.340. The first kappa shape index (κ1) is 11.8. The van der Waals surface area contributed by atoms with Gasteiger partial charge < -0.3 is 10.4 Å². The van der Waals surface area contributed by atoms with Crippen LogP contribution >= 0.6 is 0 Å². The lowest BCUT2D eigenvalue weighted by Gasteiger charge is -2.18. The van der Waals surface area contributed by atoms with Crippen LogP contribution in [0.1, 0.15) is 36.5 Å². The third-order valence-electron chi connectivity index (χ3n) is 3.30. The number of carboxylic acid groups (broad SMARTS) is 1. The summed E-state index contributed by atoms with van der Waals surface area (Å²) in [7, 11) is 0. The molecule has 5 heteroatoms. The first-order valence-electron chi connectivity index (χ1n) is 5.74. The maximum atomic E-state index is 13.8. The van der Waals surface area contributed by atoms with Crippen molar-refractivity contribution in [1.29, 1.82) is 0 Å². The molecule has 1 aliphatic rings. The maximum Gasteiger partial charge on any atom is 0.338 e. The van der Waals surface area contributed by atoms with Crippen molar-refractivity contribution in [1.82, 2.24) is 4.98 Å². The fourth-order valence-electron chi connectivity index (χ4n) is 2.25. The number of aromatic carboxylic acids is 1. The average molecular weight is 238 g/mol. The van der Waals surface area contributed by atoms with Gasteiger partial charge in [0.25, 0.3) is 0 Å². The molecule has 0 radical (unpaired) electrons. The largest absolute Gasteiger partial charge is 0.478 e. The summed E-state index contributed by atoms with van der Waals surface area (Å²) in [4.78, 5) is 14.6. The molecule has 4 nitrogen and oxygen atoms in total. The Morgan fingerprint density at radius 2 is 2.35 bits per heavy atom. The van der Waals surface area contributed by atoms with Crippen LogP contribution in [0.25, 0.3) is 0 Å². The van der Waals surface area contributed by atoms with E-state index in [1.165, 1.54) is 12.3 Å². The molecule has 17 heavy (non-hydrogen) atoms. The lowest BCUT2D eigenvalue weighted by molar-refractivity contribution is 0.0692. The predicted octanol–water partition coefficient (Wildman–Crippen LogP) is 2.52. The average Bonchev–Trinajstić information content (AvgIpc) is 2.67. The zero-order valence-corrected chi connectivity index (χ0v) is 9.61. The van der Waals surface area contributed by atoms with E-state index >= 15 is 0 Å². The Labute approximate surface area is 98.9 Å². The summed E-state index contributed by atoms with van der Waals surface area (Å²) >= 11 is 0. The van der Waals surface area contributed by atoms with Gasteiger partial charge in [0.2, 0.25) is 0 Å². The highest BCUT2D eigenvalue weighted by atomic mass is 19.1. The van der Waals surface area contributed by atoms with Gasteiger partial charge in [-0.05, 0) is 24.8 Å². The molecule has 0 amide bonds. The predicted molar refractivity (Wildman–Crippen MR) is 61.6 cm³/mol. The van der Waals surface area contributed by atoms with E-state index in [1.807, 2.05) is 0 Å². The summed E-state index contributed by atoms with van der Waals surface area (Å²) in [6.07, 6.45) is 4.51. The van der Waals surface area contributed by atoms with Gasteiger partial charge in [0.15, 0.2) is 11.6 Å². The first-order chi connectivity index (χ1) is 8.09. The molecule has 2 N–H and O–H groups in total. The zero-order valence-electron chi connectivity index (χ0n) is 9.61. The number of carbonyl (C=O) groups is 1. The van der Waals surface area contributed by atoms with Crippen LogP contribution in [0.5, 0.6) is 0 Å². The van der Waals surface area contributed by atoms with Crippen molar-refractivity contribution in [2.24, 2.45) is 5.92 Å². The number of nitrogens with one attached hydrogen (secondary N) is 1. The molecule has 92 valence electrons. The van der Waals surface area contributed by atoms with Crippen LogP contribution < -0.4 is 5.32 Å². The van der Waals surface area contributed by atoms with Gasteiger partial charge in [0.1, 0.15) is 5.56 Å². The minimum Gasteiger partial charge on any atom is -0.478 e. The summed E-state index contributed by atoms with van der Waals surface area (Å²) in [6, 6.07) is 1.35. The SMILES string of the molecule is CC1CCCC1Nc1nccc(C(=O)O)c1F. The Balaban J connectivity index is 2.21. The van der Waals surface area contributed by atoms with Crippen LogP contribution in [0.15, 0.2) is 12.3 Å². The molecule has 0 saturated heterocycles. The molecule has 0 spiro atoms. The molecule has 1 aliphatic carbocycles. The molecule has 0 aromatic carbocycles. The Morgan fingerprint density at radius 1 is 1.59 bits per heavy atom. The van der Waals surface area contributed by atoms with Crippen molar-refractivity contribution in [3.05, 3.63) is 23.6 Å². The first-order valence-corrected chi connectivity index (χ1v) is 5.74. The van der Waals surface area contributed by atoms with Crippen molar-refractivity contribution in [3.8, 4) is 0 Å². The number of anilines is 1. The summed E-state index contributed by atoms with van der Waals surface area (Å²) in [5.74, 6) is -1.54. The number of nitrogens with zero attached hydrogens (tertiary/aromatic N) is 1. The molecule has 2 atom stereocenters. The smallest absolute Gasteiger partial charge is 0.338 e. The monoisotopic (exact) mass is 238 g/mol. The maximum absolute atomic E-state index is 13.8. The number of rotatable bonds is 3. The Bertz CT molecular complexity index is 437. The molecular weight excluding hydrogens is 223 g/mol. The third kappa shape index (κ3) is 2.38. The molecule has 1 aromatic heterocycles. The molecule has 0 aliphatic heterocycles. The second kappa shape index (κ2) is 4.69. The molecule has 2 unspecified atom stereocenters. The van der Waals surface area contributed by atoms with Gasteiger partial charge in [-0.2, -0.15) is 0 Å². The zero-order chi connectivity index (χ0) is 12.4. The Hall–Kier alpha value is -1.65. The fourth-order valence-corrected chi connectivity index (χ4v) is 2.25. The summed E-state index contributed by atoms with van der Waals surface area (Å²) in [5, 5.41) is 11.8. The van der Waals surface area contributed by atoms with E-state index in [9.17, 15) is 9.18 Å². The summed E-state index contributed by atoms with van der Waals surface area (Å²) < 4.78 is 13.8. The normalized spacial score (nSPS) is 23.6. The highest BCUT2D eigenvalue weighted by molar-refractivity contribution is 5.88. The quantitative estimate of drug-likeness (QED) is 0.849. The van der Waals surface area contributed by atoms with E-state index in [2.05, 4.69) is 17.2 Å². The van der Waals surface area contributed by atoms with Crippen molar-refractivity contribution in [2.75, 3.05) is 5.32 Å². The number of carboxylic acids is 1. The van der Waals surface area contributed by atoms with Crippen molar-refractivity contribution < 1.29 is 14.3 Å². The van der Waals surface area contributed by atoms with Gasteiger partial charge >= 0.3 is 5.97 Å². The number of halogens is 1. The van der Waals surface area contributed by atoms with E-state index < -0.39 is 11.8 Å². The van der Waals surface area contributed by atoms with Gasteiger partial charge in [-0.25, -0.2) is 14.2 Å². The van der Waals surface area contributed by atoms with Gasteiger partial charge in [-0.3, -0.25) is 0 Å². The van der Waals surface area contributed by atoms with E-state index in [4.69, 9.17) is 5.11 Å². The topological polar surface area (TPSA) is 62.2 Å². The minimum atomic E-state index is -1.27. The molecule has 1 saturated carbocycles. The van der Waals surface area contributed by atoms with Crippen LogP contribution in [0.3, 0.4) is 0 Å². The lowest BCUT2D eigenvalue weighted by Crippen LogP contribution is -2.23. The van der Waals surface area contributed by atoms with E-state index in [1.54, 1.807) is 0 Å². The number of pyridine rings is 1. The van der Waals surface area contributed by atoms with Crippen LogP contribution in [-0.4, -0.2) is 22.1 Å². The third-order valence-corrected chi connectivity index (χ3v) is 3.30. The minimum absolute atomic E-state index is 0.0450. The lowest BCUT2D eigenvalue weighted by atomic mass is 10.1. The van der Waals surface area contributed by atoms with Gasteiger partial charge in [0.05, 0.1) is 0 Å². The Morgan fingerprint density at radius 3 is 2.94 bits per heavy atom. The van der Waals surface area contributed by atoms with E-state index in [0.29, 0.717) is 5.92 Å². The second-order valence-electron chi connectivity index (χ2n) is 4.49. The molecule has 1 aromatic rings.